The molecule has 1 unspecified atom stereocenters. The predicted octanol–water partition coefficient (Wildman–Crippen LogP) is 3.07. The van der Waals surface area contributed by atoms with E-state index in [1.54, 1.807) is 0 Å². The Morgan fingerprint density at radius 1 is 0.950 bits per heavy atom. The van der Waals surface area contributed by atoms with Crippen LogP contribution in [0.2, 0.25) is 0 Å². The molecule has 3 aliphatic rings. The average molecular weight is 280 g/mol. The van der Waals surface area contributed by atoms with Gasteiger partial charge in [0.05, 0.1) is 5.60 Å². The fourth-order valence-corrected chi connectivity index (χ4v) is 4.88. The van der Waals surface area contributed by atoms with E-state index in [-0.39, 0.29) is 5.60 Å². The maximum absolute atomic E-state index is 6.27. The van der Waals surface area contributed by atoms with Crippen molar-refractivity contribution < 1.29 is 4.74 Å². The van der Waals surface area contributed by atoms with Gasteiger partial charge in [0.1, 0.15) is 0 Å². The van der Waals surface area contributed by atoms with Gasteiger partial charge in [-0.3, -0.25) is 4.90 Å². The van der Waals surface area contributed by atoms with Crippen molar-refractivity contribution in [1.29, 1.82) is 0 Å². The van der Waals surface area contributed by atoms with E-state index in [4.69, 9.17) is 10.5 Å². The number of ether oxygens (including phenoxy) is 1. The molecule has 1 atom stereocenters. The molecule has 0 bridgehead atoms. The first-order valence-corrected chi connectivity index (χ1v) is 8.93. The van der Waals surface area contributed by atoms with E-state index < -0.39 is 0 Å². The molecule has 2 aliphatic carbocycles. The summed E-state index contributed by atoms with van der Waals surface area (Å²) in [5.41, 5.74) is 6.13. The van der Waals surface area contributed by atoms with Gasteiger partial charge in [-0.05, 0) is 38.5 Å². The van der Waals surface area contributed by atoms with E-state index in [1.165, 1.54) is 70.6 Å². The van der Waals surface area contributed by atoms with Crippen molar-refractivity contribution in [3.8, 4) is 0 Å². The molecule has 3 heteroatoms. The molecule has 0 aromatic carbocycles. The number of nitrogens with zero attached hydrogens (tertiary/aromatic N) is 1. The lowest BCUT2D eigenvalue weighted by Crippen LogP contribution is -2.53. The highest BCUT2D eigenvalue weighted by Crippen LogP contribution is 2.41. The quantitative estimate of drug-likeness (QED) is 0.860. The highest BCUT2D eigenvalue weighted by atomic mass is 16.5. The molecule has 1 spiro atoms. The summed E-state index contributed by atoms with van der Waals surface area (Å²) in [6.07, 6.45) is 14.8. The SMILES string of the molecule is NCCN(C1CCCC1)C1CCOC2(CCCCC2)C1. The van der Waals surface area contributed by atoms with E-state index in [0.717, 1.165) is 31.8 Å². The Balaban J connectivity index is 1.66. The second kappa shape index (κ2) is 6.76. The standard InChI is InChI=1S/C17H32N2O/c18-11-12-19(15-6-2-3-7-15)16-8-13-20-17(14-16)9-4-1-5-10-17/h15-16H,1-14,18H2. The summed E-state index contributed by atoms with van der Waals surface area (Å²) in [6, 6.07) is 1.54. The first-order chi connectivity index (χ1) is 9.83. The Kier molecular flexibility index (Phi) is 5.00. The molecule has 3 rings (SSSR count). The van der Waals surface area contributed by atoms with Gasteiger partial charge in [0.15, 0.2) is 0 Å². The summed E-state index contributed by atoms with van der Waals surface area (Å²) >= 11 is 0. The van der Waals surface area contributed by atoms with Crippen molar-refractivity contribution in [2.24, 2.45) is 5.73 Å². The van der Waals surface area contributed by atoms with Crippen molar-refractivity contribution in [3.63, 3.8) is 0 Å². The second-order valence-electron chi connectivity index (χ2n) is 7.20. The fourth-order valence-electron chi connectivity index (χ4n) is 4.88. The smallest absolute Gasteiger partial charge is 0.0697 e. The molecule has 2 saturated carbocycles. The maximum atomic E-state index is 6.27. The Labute approximate surface area is 124 Å². The fraction of sp³-hybridized carbons (Fsp3) is 1.00. The number of hydrogen-bond acceptors (Lipinski definition) is 3. The lowest BCUT2D eigenvalue weighted by molar-refractivity contribution is -0.127. The normalized spacial score (nSPS) is 31.2. The summed E-state index contributed by atoms with van der Waals surface area (Å²) in [5, 5.41) is 0. The first-order valence-electron chi connectivity index (χ1n) is 8.93. The van der Waals surface area contributed by atoms with Crippen LogP contribution in [0.1, 0.15) is 70.6 Å². The highest BCUT2D eigenvalue weighted by molar-refractivity contribution is 4.95. The molecule has 1 aliphatic heterocycles. The molecular weight excluding hydrogens is 248 g/mol. The summed E-state index contributed by atoms with van der Waals surface area (Å²) in [4.78, 5) is 2.77. The van der Waals surface area contributed by atoms with E-state index in [9.17, 15) is 0 Å². The third-order valence-corrected chi connectivity index (χ3v) is 5.88. The van der Waals surface area contributed by atoms with Gasteiger partial charge in [0, 0.05) is 31.8 Å². The molecule has 0 aromatic rings. The number of nitrogens with two attached hydrogens (primary N) is 1. The monoisotopic (exact) mass is 280 g/mol. The molecule has 0 radical (unpaired) electrons. The predicted molar refractivity (Wildman–Crippen MR) is 82.8 cm³/mol. The van der Waals surface area contributed by atoms with Crippen LogP contribution >= 0.6 is 0 Å². The molecule has 2 N–H and O–H groups in total. The van der Waals surface area contributed by atoms with Crippen LogP contribution in [0.5, 0.6) is 0 Å². The van der Waals surface area contributed by atoms with Crippen LogP contribution in [-0.4, -0.2) is 42.3 Å². The lowest BCUT2D eigenvalue weighted by Gasteiger charge is -2.48. The van der Waals surface area contributed by atoms with Crippen molar-refractivity contribution in [1.82, 2.24) is 4.90 Å². The first kappa shape index (κ1) is 14.8. The van der Waals surface area contributed by atoms with Crippen molar-refractivity contribution in [3.05, 3.63) is 0 Å². The topological polar surface area (TPSA) is 38.5 Å². The minimum Gasteiger partial charge on any atom is -0.375 e. The third-order valence-electron chi connectivity index (χ3n) is 5.88. The zero-order valence-electron chi connectivity index (χ0n) is 13.0. The van der Waals surface area contributed by atoms with Gasteiger partial charge in [-0.2, -0.15) is 0 Å². The van der Waals surface area contributed by atoms with E-state index in [0.29, 0.717) is 0 Å². The number of hydrogen-bond donors (Lipinski definition) is 1. The van der Waals surface area contributed by atoms with E-state index >= 15 is 0 Å². The van der Waals surface area contributed by atoms with Gasteiger partial charge in [-0.25, -0.2) is 0 Å². The molecule has 3 fully saturated rings. The van der Waals surface area contributed by atoms with Gasteiger partial charge in [0.2, 0.25) is 0 Å². The van der Waals surface area contributed by atoms with Gasteiger partial charge < -0.3 is 10.5 Å². The Bertz CT molecular complexity index is 290. The molecule has 0 amide bonds. The van der Waals surface area contributed by atoms with Gasteiger partial charge in [0.25, 0.3) is 0 Å². The van der Waals surface area contributed by atoms with Gasteiger partial charge in [-0.1, -0.05) is 32.1 Å². The highest BCUT2D eigenvalue weighted by Gasteiger charge is 2.41. The Morgan fingerprint density at radius 3 is 2.40 bits per heavy atom. The third kappa shape index (κ3) is 3.20. The van der Waals surface area contributed by atoms with Crippen molar-refractivity contribution in [2.45, 2.75) is 88.3 Å². The van der Waals surface area contributed by atoms with Gasteiger partial charge in [-0.15, -0.1) is 0 Å². The van der Waals surface area contributed by atoms with Crippen LogP contribution in [0, 0.1) is 0 Å². The maximum Gasteiger partial charge on any atom is 0.0697 e. The zero-order valence-corrected chi connectivity index (χ0v) is 13.0. The van der Waals surface area contributed by atoms with E-state index in [1.807, 2.05) is 0 Å². The minimum atomic E-state index is 0.229. The van der Waals surface area contributed by atoms with Crippen LogP contribution < -0.4 is 5.73 Å². The Hall–Kier alpha value is -0.120. The van der Waals surface area contributed by atoms with Crippen molar-refractivity contribution in [2.75, 3.05) is 19.7 Å². The molecular formula is C17H32N2O. The average Bonchev–Trinajstić information content (AvgIpc) is 2.99. The molecule has 1 saturated heterocycles. The summed E-state index contributed by atoms with van der Waals surface area (Å²) in [6.45, 7) is 2.87. The van der Waals surface area contributed by atoms with Crippen LogP contribution in [0.15, 0.2) is 0 Å². The largest absolute Gasteiger partial charge is 0.375 e. The second-order valence-corrected chi connectivity index (χ2v) is 7.20. The molecule has 20 heavy (non-hydrogen) atoms. The molecule has 3 nitrogen and oxygen atoms in total. The minimum absolute atomic E-state index is 0.229. The van der Waals surface area contributed by atoms with Gasteiger partial charge >= 0.3 is 0 Å². The zero-order chi connectivity index (χ0) is 13.8. The summed E-state index contributed by atoms with van der Waals surface area (Å²) in [7, 11) is 0. The summed E-state index contributed by atoms with van der Waals surface area (Å²) in [5.74, 6) is 0. The van der Waals surface area contributed by atoms with E-state index in [2.05, 4.69) is 4.90 Å². The van der Waals surface area contributed by atoms with Crippen LogP contribution in [0.4, 0.5) is 0 Å². The van der Waals surface area contributed by atoms with Crippen LogP contribution in [0.25, 0.3) is 0 Å². The van der Waals surface area contributed by atoms with Crippen LogP contribution in [0.3, 0.4) is 0 Å². The molecule has 1 heterocycles. The summed E-state index contributed by atoms with van der Waals surface area (Å²) < 4.78 is 6.27. The molecule has 116 valence electrons. The molecule has 0 aromatic heterocycles. The van der Waals surface area contributed by atoms with Crippen molar-refractivity contribution >= 4 is 0 Å². The Morgan fingerprint density at radius 2 is 1.70 bits per heavy atom. The van der Waals surface area contributed by atoms with Crippen LogP contribution in [-0.2, 0) is 4.74 Å². The number of rotatable bonds is 4. The lowest BCUT2D eigenvalue weighted by atomic mass is 9.77.